The van der Waals surface area contributed by atoms with Crippen molar-refractivity contribution in [2.24, 2.45) is 0 Å². The molecule has 1 unspecified atom stereocenters. The molecule has 0 aliphatic carbocycles. The summed E-state index contributed by atoms with van der Waals surface area (Å²) in [6.07, 6.45) is 6.76. The summed E-state index contributed by atoms with van der Waals surface area (Å²) in [5, 5.41) is 3.41. The second-order valence-corrected chi connectivity index (χ2v) is 6.65. The van der Waals surface area contributed by atoms with Crippen LogP contribution in [0.25, 0.3) is 0 Å². The largest absolute Gasteiger partial charge is 0.476 e. The first kappa shape index (κ1) is 16.7. The topological polar surface area (TPSA) is 37.4 Å². The molecule has 2 rings (SSSR count). The number of hydrogen-bond acceptors (Lipinski definition) is 4. The van der Waals surface area contributed by atoms with Crippen molar-refractivity contribution in [2.75, 3.05) is 26.7 Å². The maximum absolute atomic E-state index is 6.02. The second-order valence-electron chi connectivity index (χ2n) is 5.74. The van der Waals surface area contributed by atoms with Gasteiger partial charge in [-0.2, -0.15) is 0 Å². The van der Waals surface area contributed by atoms with Crippen LogP contribution in [0, 0.1) is 0 Å². The van der Waals surface area contributed by atoms with E-state index in [0.29, 0.717) is 6.04 Å². The van der Waals surface area contributed by atoms with Crippen molar-refractivity contribution in [3.05, 3.63) is 22.3 Å². The van der Waals surface area contributed by atoms with Crippen LogP contribution in [-0.2, 0) is 6.54 Å². The summed E-state index contributed by atoms with van der Waals surface area (Å²) in [7, 11) is 2.19. The number of ether oxygens (including phenoxy) is 1. The lowest BCUT2D eigenvalue weighted by atomic mass is 10.0. The highest BCUT2D eigenvalue weighted by molar-refractivity contribution is 9.10. The Kier molecular flexibility index (Phi) is 6.93. The van der Waals surface area contributed by atoms with Gasteiger partial charge in [0, 0.05) is 28.8 Å². The highest BCUT2D eigenvalue weighted by Crippen LogP contribution is 2.22. The Bertz CT molecular complexity index is 442. The molecule has 5 heteroatoms. The lowest BCUT2D eigenvalue weighted by Gasteiger charge is -2.32. The zero-order chi connectivity index (χ0) is 15.1. The standard InChI is InChI=1S/C16H26BrN3O/c1-3-7-18-10-13-9-14(17)11-19-16(13)21-12-15-6-4-5-8-20(15)2/h9,11,15,18H,3-8,10,12H2,1-2H3. The molecular weight excluding hydrogens is 330 g/mol. The maximum atomic E-state index is 6.02. The van der Waals surface area contributed by atoms with Crippen LogP contribution in [0.2, 0.25) is 0 Å². The van der Waals surface area contributed by atoms with Crippen molar-refractivity contribution < 1.29 is 4.74 Å². The number of likely N-dealkylation sites (N-methyl/N-ethyl adjacent to an activating group) is 1. The van der Waals surface area contributed by atoms with Gasteiger partial charge in [-0.25, -0.2) is 4.98 Å². The zero-order valence-electron chi connectivity index (χ0n) is 13.1. The van der Waals surface area contributed by atoms with E-state index in [4.69, 9.17) is 4.74 Å². The predicted octanol–water partition coefficient (Wildman–Crippen LogP) is 3.21. The summed E-state index contributed by atoms with van der Waals surface area (Å²) in [6.45, 7) is 5.88. The molecule has 0 bridgehead atoms. The van der Waals surface area contributed by atoms with E-state index in [9.17, 15) is 0 Å². The molecule has 1 aromatic rings. The number of pyridine rings is 1. The molecule has 0 saturated carbocycles. The van der Waals surface area contributed by atoms with Crippen LogP contribution in [0.15, 0.2) is 16.7 Å². The Morgan fingerprint density at radius 2 is 2.33 bits per heavy atom. The van der Waals surface area contributed by atoms with Crippen molar-refractivity contribution in [2.45, 2.75) is 45.2 Å². The summed E-state index contributed by atoms with van der Waals surface area (Å²) >= 11 is 3.49. The number of likely N-dealkylation sites (tertiary alicyclic amines) is 1. The average molecular weight is 356 g/mol. The quantitative estimate of drug-likeness (QED) is 0.762. The normalized spacial score (nSPS) is 19.7. The first-order valence-electron chi connectivity index (χ1n) is 7.89. The summed E-state index contributed by atoms with van der Waals surface area (Å²) in [6, 6.07) is 2.61. The van der Waals surface area contributed by atoms with Gasteiger partial charge in [0.25, 0.3) is 0 Å². The predicted molar refractivity (Wildman–Crippen MR) is 89.7 cm³/mol. The highest BCUT2D eigenvalue weighted by atomic mass is 79.9. The fourth-order valence-electron chi connectivity index (χ4n) is 2.65. The molecule has 4 nitrogen and oxygen atoms in total. The van der Waals surface area contributed by atoms with Crippen molar-refractivity contribution in [3.8, 4) is 5.88 Å². The number of rotatable bonds is 7. The monoisotopic (exact) mass is 355 g/mol. The van der Waals surface area contributed by atoms with Gasteiger partial charge in [0.2, 0.25) is 5.88 Å². The van der Waals surface area contributed by atoms with Gasteiger partial charge in [-0.15, -0.1) is 0 Å². The molecule has 0 aromatic carbocycles. The van der Waals surface area contributed by atoms with E-state index in [2.05, 4.69) is 51.2 Å². The fraction of sp³-hybridized carbons (Fsp3) is 0.688. The van der Waals surface area contributed by atoms with E-state index in [0.717, 1.165) is 42.0 Å². The van der Waals surface area contributed by atoms with Crippen LogP contribution in [0.3, 0.4) is 0 Å². The van der Waals surface area contributed by atoms with Gasteiger partial charge in [-0.05, 0) is 61.4 Å². The lowest BCUT2D eigenvalue weighted by Crippen LogP contribution is -2.40. The third kappa shape index (κ3) is 5.24. The van der Waals surface area contributed by atoms with Crippen LogP contribution in [0.5, 0.6) is 5.88 Å². The minimum Gasteiger partial charge on any atom is -0.476 e. The van der Waals surface area contributed by atoms with Crippen LogP contribution in [0.1, 0.15) is 38.2 Å². The van der Waals surface area contributed by atoms with Crippen molar-refractivity contribution in [1.82, 2.24) is 15.2 Å². The number of aromatic nitrogens is 1. The van der Waals surface area contributed by atoms with Crippen LogP contribution < -0.4 is 10.1 Å². The molecule has 1 aromatic heterocycles. The van der Waals surface area contributed by atoms with E-state index >= 15 is 0 Å². The molecule has 0 radical (unpaired) electrons. The molecule has 21 heavy (non-hydrogen) atoms. The SMILES string of the molecule is CCCNCc1cc(Br)cnc1OCC1CCCCN1C. The zero-order valence-corrected chi connectivity index (χ0v) is 14.7. The first-order valence-corrected chi connectivity index (χ1v) is 8.68. The Morgan fingerprint density at radius 3 is 3.10 bits per heavy atom. The Morgan fingerprint density at radius 1 is 1.48 bits per heavy atom. The average Bonchev–Trinajstić information content (AvgIpc) is 2.48. The summed E-state index contributed by atoms with van der Waals surface area (Å²) in [5.41, 5.74) is 1.12. The number of piperidine rings is 1. The summed E-state index contributed by atoms with van der Waals surface area (Å²) < 4.78 is 7.02. The van der Waals surface area contributed by atoms with E-state index in [1.165, 1.54) is 25.8 Å². The van der Waals surface area contributed by atoms with Gasteiger partial charge in [0.05, 0.1) is 0 Å². The van der Waals surface area contributed by atoms with E-state index in [-0.39, 0.29) is 0 Å². The molecule has 0 amide bonds. The number of nitrogens with zero attached hydrogens (tertiary/aromatic N) is 2. The highest BCUT2D eigenvalue weighted by Gasteiger charge is 2.20. The van der Waals surface area contributed by atoms with Gasteiger partial charge < -0.3 is 15.0 Å². The van der Waals surface area contributed by atoms with E-state index < -0.39 is 0 Å². The Hall–Kier alpha value is -0.650. The minimum atomic E-state index is 0.514. The van der Waals surface area contributed by atoms with Crippen molar-refractivity contribution >= 4 is 15.9 Å². The van der Waals surface area contributed by atoms with Gasteiger partial charge in [0.1, 0.15) is 6.61 Å². The van der Waals surface area contributed by atoms with E-state index in [1.54, 1.807) is 0 Å². The Balaban J connectivity index is 1.94. The molecule has 1 atom stereocenters. The molecular formula is C16H26BrN3O. The molecule has 1 fully saturated rings. The third-order valence-corrected chi connectivity index (χ3v) is 4.40. The fourth-order valence-corrected chi connectivity index (χ4v) is 3.03. The Labute approximate surface area is 136 Å². The molecule has 1 aliphatic heterocycles. The molecule has 2 heterocycles. The van der Waals surface area contributed by atoms with Crippen LogP contribution in [0.4, 0.5) is 0 Å². The van der Waals surface area contributed by atoms with Crippen molar-refractivity contribution in [3.63, 3.8) is 0 Å². The smallest absolute Gasteiger partial charge is 0.217 e. The molecule has 118 valence electrons. The van der Waals surface area contributed by atoms with Crippen LogP contribution >= 0.6 is 15.9 Å². The first-order chi connectivity index (χ1) is 10.2. The second kappa shape index (κ2) is 8.71. The molecule has 1 aliphatic rings. The van der Waals surface area contributed by atoms with Crippen LogP contribution in [-0.4, -0.2) is 42.7 Å². The van der Waals surface area contributed by atoms with E-state index in [1.807, 2.05) is 6.20 Å². The number of halogens is 1. The summed E-state index contributed by atoms with van der Waals surface area (Å²) in [4.78, 5) is 6.84. The molecule has 1 N–H and O–H groups in total. The number of nitrogens with one attached hydrogen (secondary N) is 1. The maximum Gasteiger partial charge on any atom is 0.217 e. The van der Waals surface area contributed by atoms with Gasteiger partial charge in [-0.1, -0.05) is 13.3 Å². The molecule has 0 spiro atoms. The lowest BCUT2D eigenvalue weighted by molar-refractivity contribution is 0.122. The number of hydrogen-bond donors (Lipinski definition) is 1. The minimum absolute atomic E-state index is 0.514. The third-order valence-electron chi connectivity index (χ3n) is 3.97. The van der Waals surface area contributed by atoms with Crippen molar-refractivity contribution in [1.29, 1.82) is 0 Å². The van der Waals surface area contributed by atoms with Gasteiger partial charge in [-0.3, -0.25) is 0 Å². The van der Waals surface area contributed by atoms with Gasteiger partial charge in [0.15, 0.2) is 0 Å². The summed E-state index contributed by atoms with van der Waals surface area (Å²) in [5.74, 6) is 0.765. The van der Waals surface area contributed by atoms with Gasteiger partial charge >= 0.3 is 0 Å². The molecule has 1 saturated heterocycles.